The van der Waals surface area contributed by atoms with Crippen LogP contribution in [0.1, 0.15) is 34.6 Å². The number of rotatable bonds is 5. The Morgan fingerprint density at radius 3 is 1.89 bits per heavy atom. The van der Waals surface area contributed by atoms with Gasteiger partial charge in [0.05, 0.1) is 5.60 Å². The van der Waals surface area contributed by atoms with Crippen molar-refractivity contribution in [3.05, 3.63) is 0 Å². The van der Waals surface area contributed by atoms with Crippen molar-refractivity contribution >= 4 is 0 Å². The number of nitrogens with one attached hydrogen (secondary N) is 1. The summed E-state index contributed by atoms with van der Waals surface area (Å²) in [6, 6.07) is 0. The highest BCUT2D eigenvalue weighted by molar-refractivity contribution is 4.79. The molecule has 108 valence electrons. The molecule has 1 aliphatic rings. The van der Waals surface area contributed by atoms with Gasteiger partial charge in [-0.2, -0.15) is 0 Å². The molecule has 0 aromatic heterocycles. The van der Waals surface area contributed by atoms with Crippen LogP contribution in [0.4, 0.5) is 0 Å². The molecule has 0 unspecified atom stereocenters. The summed E-state index contributed by atoms with van der Waals surface area (Å²) in [6.07, 6.45) is 0. The van der Waals surface area contributed by atoms with Crippen LogP contribution in [0.3, 0.4) is 0 Å². The molecule has 1 aliphatic heterocycles. The third kappa shape index (κ3) is 7.31. The first-order chi connectivity index (χ1) is 8.16. The van der Waals surface area contributed by atoms with Gasteiger partial charge in [-0.1, -0.05) is 0 Å². The molecule has 1 saturated heterocycles. The normalized spacial score (nSPS) is 20.3. The summed E-state index contributed by atoms with van der Waals surface area (Å²) >= 11 is 0. The maximum Gasteiger partial charge on any atom is 0.0718 e. The molecular weight excluding hydrogens is 226 g/mol. The zero-order valence-electron chi connectivity index (χ0n) is 12.8. The van der Waals surface area contributed by atoms with Crippen molar-refractivity contribution < 1.29 is 5.11 Å². The average Bonchev–Trinajstić information content (AvgIpc) is 2.16. The lowest BCUT2D eigenvalue weighted by atomic mass is 10.1. The second-order valence-electron chi connectivity index (χ2n) is 7.11. The maximum absolute atomic E-state index is 9.80. The van der Waals surface area contributed by atoms with Gasteiger partial charge in [-0.05, 0) is 34.6 Å². The lowest BCUT2D eigenvalue weighted by Gasteiger charge is -2.37. The van der Waals surface area contributed by atoms with Gasteiger partial charge in [0, 0.05) is 51.4 Å². The highest BCUT2D eigenvalue weighted by Gasteiger charge is 2.22. The fourth-order valence-corrected chi connectivity index (χ4v) is 2.31. The summed E-state index contributed by atoms with van der Waals surface area (Å²) < 4.78 is 0. The van der Waals surface area contributed by atoms with Crippen molar-refractivity contribution in [3.63, 3.8) is 0 Å². The van der Waals surface area contributed by atoms with Gasteiger partial charge in [0.1, 0.15) is 0 Å². The summed E-state index contributed by atoms with van der Waals surface area (Å²) in [5.41, 5.74) is -0.362. The Morgan fingerprint density at radius 1 is 0.944 bits per heavy atom. The molecule has 0 saturated carbocycles. The van der Waals surface area contributed by atoms with E-state index in [0.717, 1.165) is 45.8 Å². The fourth-order valence-electron chi connectivity index (χ4n) is 2.31. The Kier molecular flexibility index (Phi) is 5.59. The quantitative estimate of drug-likeness (QED) is 0.763. The van der Waals surface area contributed by atoms with Gasteiger partial charge in [0.15, 0.2) is 0 Å². The molecule has 18 heavy (non-hydrogen) atoms. The third-order valence-corrected chi connectivity index (χ3v) is 3.16. The van der Waals surface area contributed by atoms with Crippen LogP contribution in [0.2, 0.25) is 0 Å². The molecule has 0 aromatic carbocycles. The molecule has 4 heteroatoms. The van der Waals surface area contributed by atoms with Gasteiger partial charge < -0.3 is 10.4 Å². The van der Waals surface area contributed by atoms with E-state index in [-0.39, 0.29) is 5.54 Å². The summed E-state index contributed by atoms with van der Waals surface area (Å²) in [5, 5.41) is 13.3. The Labute approximate surface area is 112 Å². The number of β-amino-alcohol motifs (C(OH)–C–C–N with tert-alkyl or cyclic N) is 1. The summed E-state index contributed by atoms with van der Waals surface area (Å²) in [6.45, 7) is 17.7. The van der Waals surface area contributed by atoms with E-state index in [1.165, 1.54) is 0 Å². The van der Waals surface area contributed by atoms with E-state index in [9.17, 15) is 5.11 Å². The van der Waals surface area contributed by atoms with Crippen LogP contribution in [-0.2, 0) is 0 Å². The van der Waals surface area contributed by atoms with Crippen molar-refractivity contribution in [1.29, 1.82) is 0 Å². The van der Waals surface area contributed by atoms with Crippen LogP contribution in [0.15, 0.2) is 0 Å². The predicted octanol–water partition coefficient (Wildman–Crippen LogP) is 0.763. The van der Waals surface area contributed by atoms with Gasteiger partial charge in [-0.3, -0.25) is 9.80 Å². The second-order valence-corrected chi connectivity index (χ2v) is 7.11. The van der Waals surface area contributed by atoms with E-state index >= 15 is 0 Å². The zero-order valence-corrected chi connectivity index (χ0v) is 12.8. The van der Waals surface area contributed by atoms with Gasteiger partial charge in [0.2, 0.25) is 0 Å². The first-order valence-corrected chi connectivity index (χ1v) is 7.08. The van der Waals surface area contributed by atoms with Crippen molar-refractivity contribution in [2.45, 2.75) is 45.8 Å². The minimum Gasteiger partial charge on any atom is -0.389 e. The zero-order chi connectivity index (χ0) is 13.8. The van der Waals surface area contributed by atoms with Gasteiger partial charge in [-0.25, -0.2) is 0 Å². The maximum atomic E-state index is 9.80. The van der Waals surface area contributed by atoms with E-state index in [1.54, 1.807) is 0 Å². The van der Waals surface area contributed by atoms with Crippen molar-refractivity contribution in [3.8, 4) is 0 Å². The highest BCUT2D eigenvalue weighted by atomic mass is 16.3. The largest absolute Gasteiger partial charge is 0.389 e. The minimum absolute atomic E-state index is 0.211. The summed E-state index contributed by atoms with van der Waals surface area (Å²) in [4.78, 5) is 4.85. The number of piperazine rings is 1. The number of aliphatic hydroxyl groups is 1. The molecule has 1 heterocycles. The standard InChI is InChI=1S/C14H31N3O/c1-13(2,3)15-6-7-16-8-10-17(11-9-16)12-14(4,5)18/h15,18H,6-12H2,1-5H3. The van der Waals surface area contributed by atoms with Gasteiger partial charge in [0.25, 0.3) is 0 Å². The topological polar surface area (TPSA) is 38.7 Å². The molecule has 0 bridgehead atoms. The smallest absolute Gasteiger partial charge is 0.0718 e. The number of hydrogen-bond acceptors (Lipinski definition) is 4. The van der Waals surface area contributed by atoms with Crippen LogP contribution in [0, 0.1) is 0 Å². The second kappa shape index (κ2) is 6.33. The molecule has 0 aliphatic carbocycles. The highest BCUT2D eigenvalue weighted by Crippen LogP contribution is 2.08. The lowest BCUT2D eigenvalue weighted by Crippen LogP contribution is -2.52. The molecule has 4 nitrogen and oxygen atoms in total. The average molecular weight is 257 g/mol. The molecule has 0 radical (unpaired) electrons. The Bertz CT molecular complexity index is 234. The van der Waals surface area contributed by atoms with Crippen molar-refractivity contribution in [1.82, 2.24) is 15.1 Å². The van der Waals surface area contributed by atoms with Crippen LogP contribution in [0.5, 0.6) is 0 Å². The monoisotopic (exact) mass is 257 g/mol. The SMILES string of the molecule is CC(C)(O)CN1CCN(CCNC(C)(C)C)CC1. The van der Waals surface area contributed by atoms with Gasteiger partial charge >= 0.3 is 0 Å². The first kappa shape index (κ1) is 15.9. The van der Waals surface area contributed by atoms with E-state index in [4.69, 9.17) is 0 Å². The number of hydrogen-bond donors (Lipinski definition) is 2. The van der Waals surface area contributed by atoms with Gasteiger partial charge in [-0.15, -0.1) is 0 Å². The lowest BCUT2D eigenvalue weighted by molar-refractivity contribution is 0.0178. The van der Waals surface area contributed by atoms with Crippen LogP contribution < -0.4 is 5.32 Å². The molecular formula is C14H31N3O. The first-order valence-electron chi connectivity index (χ1n) is 7.08. The Hall–Kier alpha value is -0.160. The molecule has 0 amide bonds. The molecule has 1 rings (SSSR count). The van der Waals surface area contributed by atoms with E-state index < -0.39 is 5.60 Å². The summed E-state index contributed by atoms with van der Waals surface area (Å²) in [5.74, 6) is 0. The Morgan fingerprint density at radius 2 is 1.44 bits per heavy atom. The fraction of sp³-hybridized carbons (Fsp3) is 1.00. The molecule has 0 atom stereocenters. The van der Waals surface area contributed by atoms with Crippen molar-refractivity contribution in [2.75, 3.05) is 45.8 Å². The van der Waals surface area contributed by atoms with E-state index in [2.05, 4.69) is 35.9 Å². The number of nitrogens with zero attached hydrogens (tertiary/aromatic N) is 2. The van der Waals surface area contributed by atoms with Crippen LogP contribution >= 0.6 is 0 Å². The molecule has 1 fully saturated rings. The van der Waals surface area contributed by atoms with Crippen LogP contribution in [-0.4, -0.2) is 71.9 Å². The molecule has 0 spiro atoms. The van der Waals surface area contributed by atoms with E-state index in [0.29, 0.717) is 0 Å². The predicted molar refractivity (Wildman–Crippen MR) is 76.9 cm³/mol. The minimum atomic E-state index is -0.573. The Balaban J connectivity index is 2.16. The third-order valence-electron chi connectivity index (χ3n) is 3.16. The van der Waals surface area contributed by atoms with E-state index in [1.807, 2.05) is 13.8 Å². The van der Waals surface area contributed by atoms with Crippen LogP contribution in [0.25, 0.3) is 0 Å². The van der Waals surface area contributed by atoms with Crippen molar-refractivity contribution in [2.24, 2.45) is 0 Å². The molecule has 0 aromatic rings. The summed E-state index contributed by atoms with van der Waals surface area (Å²) in [7, 11) is 0. The molecule has 2 N–H and O–H groups in total.